The molecular weight excluding hydrogens is 529 g/mol. The largest absolute Gasteiger partial charge is 0.492 e. The predicted molar refractivity (Wildman–Crippen MR) is 154 cm³/mol. The first-order valence-corrected chi connectivity index (χ1v) is 13.5. The van der Waals surface area contributed by atoms with Gasteiger partial charge in [0.15, 0.2) is 5.65 Å². The minimum Gasteiger partial charge on any atom is -0.449 e. The van der Waals surface area contributed by atoms with Crippen LogP contribution in [0.15, 0.2) is 60.3 Å². The minimum absolute atomic E-state index is 0.0326. The van der Waals surface area contributed by atoms with E-state index >= 15 is 0 Å². The summed E-state index contributed by atoms with van der Waals surface area (Å²) in [7, 11) is -0.722. The topological polar surface area (TPSA) is 111 Å². The normalized spacial score (nSPS) is 17.6. The molecule has 2 aromatic carbocycles. The Morgan fingerprint density at radius 1 is 1.05 bits per heavy atom. The number of alkyl carbamates (subject to hydrolysis) is 1. The Bertz CT molecular complexity index is 1570. The SMILES string of the molecule is CC1(C)OB(C(=Cc2[nH]nc3ncnc(Cl)c23)CNC(=O)OCC2c3ccccc3-c3ccccc32)OC1(C)C. The van der Waals surface area contributed by atoms with Crippen LogP contribution in [0.5, 0.6) is 0 Å². The first kappa shape index (κ1) is 26.5. The van der Waals surface area contributed by atoms with Gasteiger partial charge in [-0.2, -0.15) is 5.10 Å². The van der Waals surface area contributed by atoms with Crippen LogP contribution in [0.3, 0.4) is 0 Å². The van der Waals surface area contributed by atoms with Crippen molar-refractivity contribution in [1.29, 1.82) is 0 Å². The summed E-state index contributed by atoms with van der Waals surface area (Å²) in [5, 5.41) is 10.9. The summed E-state index contributed by atoms with van der Waals surface area (Å²) >= 11 is 6.35. The molecule has 2 aromatic heterocycles. The van der Waals surface area contributed by atoms with Crippen LogP contribution in [0, 0.1) is 0 Å². The van der Waals surface area contributed by atoms with Gasteiger partial charge >= 0.3 is 13.2 Å². The number of fused-ring (bicyclic) bond motifs is 4. The molecule has 0 unspecified atom stereocenters. The van der Waals surface area contributed by atoms with Gasteiger partial charge in [0.1, 0.15) is 18.1 Å². The van der Waals surface area contributed by atoms with Crippen molar-refractivity contribution >= 4 is 41.9 Å². The fraction of sp³-hybridized carbons (Fsp3) is 0.310. The molecule has 11 heteroatoms. The summed E-state index contributed by atoms with van der Waals surface area (Å²) in [5.41, 5.74) is 5.18. The third kappa shape index (κ3) is 4.66. The zero-order chi connectivity index (χ0) is 28.1. The van der Waals surface area contributed by atoms with Crippen LogP contribution in [0.4, 0.5) is 4.79 Å². The summed E-state index contributed by atoms with van der Waals surface area (Å²) in [6, 6.07) is 16.5. The summed E-state index contributed by atoms with van der Waals surface area (Å²) in [6.45, 7) is 8.21. The number of hydrogen-bond donors (Lipinski definition) is 2. The van der Waals surface area contributed by atoms with E-state index in [1.54, 1.807) is 6.08 Å². The molecule has 0 bridgehead atoms. The van der Waals surface area contributed by atoms with E-state index in [0.29, 0.717) is 22.2 Å². The molecule has 6 rings (SSSR count). The van der Waals surface area contributed by atoms with E-state index in [-0.39, 0.29) is 24.2 Å². The van der Waals surface area contributed by atoms with E-state index in [1.807, 2.05) is 52.0 Å². The third-order valence-corrected chi connectivity index (χ3v) is 8.29. The molecule has 1 aliphatic heterocycles. The number of benzene rings is 2. The second-order valence-corrected chi connectivity index (χ2v) is 11.3. The summed E-state index contributed by atoms with van der Waals surface area (Å²) < 4.78 is 18.3. The number of carbonyl (C=O) groups excluding carboxylic acids is 1. The van der Waals surface area contributed by atoms with E-state index in [0.717, 1.165) is 11.1 Å². The highest BCUT2D eigenvalue weighted by atomic mass is 35.5. The highest BCUT2D eigenvalue weighted by molar-refractivity contribution is 6.56. The van der Waals surface area contributed by atoms with Gasteiger partial charge in [0.25, 0.3) is 0 Å². The number of rotatable bonds is 6. The van der Waals surface area contributed by atoms with Gasteiger partial charge < -0.3 is 19.4 Å². The minimum atomic E-state index is -0.722. The van der Waals surface area contributed by atoms with Crippen molar-refractivity contribution in [1.82, 2.24) is 25.5 Å². The van der Waals surface area contributed by atoms with Gasteiger partial charge in [-0.15, -0.1) is 0 Å². The average molecular weight is 558 g/mol. The average Bonchev–Trinajstić information content (AvgIpc) is 3.55. The Kier molecular flexibility index (Phi) is 6.64. The third-order valence-electron chi connectivity index (χ3n) is 8.00. The Balaban J connectivity index is 1.21. The number of ether oxygens (including phenoxy) is 1. The maximum atomic E-state index is 13.0. The van der Waals surface area contributed by atoms with E-state index < -0.39 is 24.4 Å². The van der Waals surface area contributed by atoms with Gasteiger partial charge in [-0.05, 0) is 61.5 Å². The quantitative estimate of drug-likeness (QED) is 0.236. The van der Waals surface area contributed by atoms with Crippen LogP contribution >= 0.6 is 11.6 Å². The number of nitrogens with zero attached hydrogens (tertiary/aromatic N) is 3. The molecule has 0 radical (unpaired) electrons. The van der Waals surface area contributed by atoms with Crippen molar-refractivity contribution in [2.75, 3.05) is 13.2 Å². The molecular formula is C29H29BClN5O4. The number of H-pyrrole nitrogens is 1. The number of carbonyl (C=O) groups is 1. The van der Waals surface area contributed by atoms with E-state index in [2.05, 4.69) is 49.7 Å². The molecule has 0 saturated carbocycles. The van der Waals surface area contributed by atoms with Crippen molar-refractivity contribution in [3.63, 3.8) is 0 Å². The van der Waals surface area contributed by atoms with Gasteiger partial charge in [-0.25, -0.2) is 14.8 Å². The highest BCUT2D eigenvalue weighted by Crippen LogP contribution is 2.44. The molecule has 40 heavy (non-hydrogen) atoms. The van der Waals surface area contributed by atoms with Crippen LogP contribution in [-0.4, -0.2) is 57.7 Å². The first-order chi connectivity index (χ1) is 19.1. The van der Waals surface area contributed by atoms with E-state index in [9.17, 15) is 4.79 Å². The zero-order valence-electron chi connectivity index (χ0n) is 22.7. The van der Waals surface area contributed by atoms with Gasteiger partial charge in [0.2, 0.25) is 0 Å². The van der Waals surface area contributed by atoms with Crippen molar-refractivity contribution in [3.05, 3.63) is 82.3 Å². The molecule has 1 amide bonds. The lowest BCUT2D eigenvalue weighted by Gasteiger charge is -2.32. The molecule has 1 saturated heterocycles. The van der Waals surface area contributed by atoms with Crippen LogP contribution in [-0.2, 0) is 14.0 Å². The van der Waals surface area contributed by atoms with Gasteiger partial charge in [0, 0.05) is 12.5 Å². The van der Waals surface area contributed by atoms with Crippen molar-refractivity contribution < 1.29 is 18.8 Å². The lowest BCUT2D eigenvalue weighted by atomic mass is 9.77. The first-order valence-electron chi connectivity index (χ1n) is 13.1. The number of amides is 1. The molecule has 2 aliphatic rings. The monoisotopic (exact) mass is 557 g/mol. The fourth-order valence-corrected chi connectivity index (χ4v) is 5.38. The molecule has 1 aliphatic carbocycles. The maximum Gasteiger partial charge on any atom is 0.492 e. The molecule has 9 nitrogen and oxygen atoms in total. The van der Waals surface area contributed by atoms with Crippen molar-refractivity contribution in [2.24, 2.45) is 0 Å². The molecule has 204 valence electrons. The van der Waals surface area contributed by atoms with E-state index in [1.165, 1.54) is 17.5 Å². The maximum absolute atomic E-state index is 13.0. The molecule has 3 heterocycles. The summed E-state index contributed by atoms with van der Waals surface area (Å²) in [5.74, 6) is -0.0326. The molecule has 0 spiro atoms. The predicted octanol–water partition coefficient (Wildman–Crippen LogP) is 5.56. The molecule has 1 fully saturated rings. The lowest BCUT2D eigenvalue weighted by Crippen LogP contribution is -2.41. The standard InChI is InChI=1S/C29H29BClN5O4/c1-28(2)29(3,4)40-30(39-28)17(13-23-24-25(31)33-16-34-26(24)36-35-23)14-32-27(37)38-15-22-20-11-7-5-9-18(20)19-10-6-8-12-21(19)22/h5-13,16,22H,14-15H2,1-4H3,(H,32,37)(H,33,34,35,36). The van der Waals surface area contributed by atoms with Crippen LogP contribution in [0.2, 0.25) is 5.15 Å². The molecule has 4 aromatic rings. The van der Waals surface area contributed by atoms with Crippen molar-refractivity contribution in [3.8, 4) is 11.1 Å². The van der Waals surface area contributed by atoms with Gasteiger partial charge in [-0.3, -0.25) is 5.10 Å². The number of halogens is 1. The van der Waals surface area contributed by atoms with Crippen molar-refractivity contribution in [2.45, 2.75) is 44.8 Å². The Labute approximate surface area is 237 Å². The Morgan fingerprint density at radius 2 is 1.68 bits per heavy atom. The summed E-state index contributed by atoms with van der Waals surface area (Å²) in [4.78, 5) is 21.2. The van der Waals surface area contributed by atoms with Gasteiger partial charge in [0.05, 0.1) is 22.3 Å². The Morgan fingerprint density at radius 3 is 2.33 bits per heavy atom. The number of aromatic amines is 1. The number of aromatic nitrogens is 4. The Hall–Kier alpha value is -3.73. The smallest absolute Gasteiger partial charge is 0.449 e. The molecule has 0 atom stereocenters. The fourth-order valence-electron chi connectivity index (χ4n) is 5.15. The van der Waals surface area contributed by atoms with Gasteiger partial charge in [-0.1, -0.05) is 60.1 Å². The second-order valence-electron chi connectivity index (χ2n) is 11.0. The summed E-state index contributed by atoms with van der Waals surface area (Å²) in [6.07, 6.45) is 2.61. The molecule has 2 N–H and O–H groups in total. The lowest BCUT2D eigenvalue weighted by molar-refractivity contribution is 0.00578. The second kappa shape index (κ2) is 10.0. The number of nitrogens with one attached hydrogen (secondary N) is 2. The van der Waals surface area contributed by atoms with Crippen LogP contribution in [0.1, 0.15) is 50.4 Å². The van der Waals surface area contributed by atoms with Crippen LogP contribution in [0.25, 0.3) is 28.2 Å². The zero-order valence-corrected chi connectivity index (χ0v) is 23.5. The number of hydrogen-bond acceptors (Lipinski definition) is 7. The highest BCUT2D eigenvalue weighted by Gasteiger charge is 2.52. The van der Waals surface area contributed by atoms with E-state index in [4.69, 9.17) is 25.6 Å². The van der Waals surface area contributed by atoms with Crippen LogP contribution < -0.4 is 5.32 Å².